The van der Waals surface area contributed by atoms with Crippen LogP contribution in [0.5, 0.6) is 5.88 Å². The Morgan fingerprint density at radius 1 is 1.55 bits per heavy atom. The third-order valence-electron chi connectivity index (χ3n) is 3.29. The first-order valence-electron chi connectivity index (χ1n) is 7.00. The quantitative estimate of drug-likeness (QED) is 0.888. The van der Waals surface area contributed by atoms with Gasteiger partial charge in [0.05, 0.1) is 6.10 Å². The van der Waals surface area contributed by atoms with E-state index < -0.39 is 5.97 Å². The van der Waals surface area contributed by atoms with Gasteiger partial charge in [-0.3, -0.25) is 4.79 Å². The molecule has 110 valence electrons. The van der Waals surface area contributed by atoms with Crippen molar-refractivity contribution in [2.75, 3.05) is 18.0 Å². The van der Waals surface area contributed by atoms with Gasteiger partial charge in [-0.25, -0.2) is 9.97 Å². The Morgan fingerprint density at radius 2 is 2.35 bits per heavy atom. The zero-order valence-corrected chi connectivity index (χ0v) is 12.0. The second-order valence-electron chi connectivity index (χ2n) is 5.43. The summed E-state index contributed by atoms with van der Waals surface area (Å²) in [7, 11) is 0. The van der Waals surface area contributed by atoms with Gasteiger partial charge < -0.3 is 14.7 Å². The summed E-state index contributed by atoms with van der Waals surface area (Å²) in [5.41, 5.74) is 0. The highest BCUT2D eigenvalue weighted by Crippen LogP contribution is 2.25. The van der Waals surface area contributed by atoms with Gasteiger partial charge in [0, 0.05) is 25.6 Å². The summed E-state index contributed by atoms with van der Waals surface area (Å²) >= 11 is 0. The van der Waals surface area contributed by atoms with Crippen LogP contribution in [0.15, 0.2) is 12.4 Å². The van der Waals surface area contributed by atoms with Crippen LogP contribution in [-0.4, -0.2) is 40.2 Å². The molecule has 0 bridgehead atoms. The summed E-state index contributed by atoms with van der Waals surface area (Å²) in [6.07, 6.45) is 3.73. The van der Waals surface area contributed by atoms with Gasteiger partial charge in [-0.15, -0.1) is 0 Å². The number of hydrogen-bond donors (Lipinski definition) is 1. The number of carbonyl (C=O) groups is 1. The minimum atomic E-state index is -0.733. The Balaban J connectivity index is 2.04. The topological polar surface area (TPSA) is 75.5 Å². The predicted molar refractivity (Wildman–Crippen MR) is 75.0 cm³/mol. The van der Waals surface area contributed by atoms with E-state index >= 15 is 0 Å². The van der Waals surface area contributed by atoms with E-state index in [4.69, 9.17) is 9.84 Å². The molecule has 1 saturated heterocycles. The zero-order chi connectivity index (χ0) is 14.5. The third-order valence-corrected chi connectivity index (χ3v) is 3.29. The molecule has 1 atom stereocenters. The number of anilines is 1. The fourth-order valence-electron chi connectivity index (χ4n) is 2.50. The Labute approximate surface area is 118 Å². The molecule has 1 fully saturated rings. The van der Waals surface area contributed by atoms with E-state index in [0.717, 1.165) is 31.7 Å². The van der Waals surface area contributed by atoms with Gasteiger partial charge in [-0.1, -0.05) is 0 Å². The van der Waals surface area contributed by atoms with E-state index in [2.05, 4.69) is 14.9 Å². The molecule has 2 heterocycles. The molecular formula is C14H21N3O3. The van der Waals surface area contributed by atoms with Crippen LogP contribution in [0, 0.1) is 5.92 Å². The molecule has 0 radical (unpaired) electrons. The SMILES string of the molecule is CC(C)Oc1cc(N2CCCC(CC(=O)O)C2)ncn1. The number of carboxylic acid groups (broad SMARTS) is 1. The van der Waals surface area contributed by atoms with E-state index in [0.29, 0.717) is 5.88 Å². The molecule has 20 heavy (non-hydrogen) atoms. The maximum absolute atomic E-state index is 10.8. The second-order valence-corrected chi connectivity index (χ2v) is 5.43. The van der Waals surface area contributed by atoms with Crippen LogP contribution in [0.3, 0.4) is 0 Å². The number of rotatable bonds is 5. The van der Waals surface area contributed by atoms with Crippen LogP contribution in [0.25, 0.3) is 0 Å². The number of ether oxygens (including phenoxy) is 1. The molecule has 1 aromatic heterocycles. The first-order chi connectivity index (χ1) is 9.54. The van der Waals surface area contributed by atoms with E-state index in [1.807, 2.05) is 19.9 Å². The largest absolute Gasteiger partial charge is 0.481 e. The van der Waals surface area contributed by atoms with Gasteiger partial charge >= 0.3 is 5.97 Å². The molecule has 1 aromatic rings. The summed E-state index contributed by atoms with van der Waals surface area (Å²) in [5.74, 6) is 0.824. The first-order valence-corrected chi connectivity index (χ1v) is 7.00. The normalized spacial score (nSPS) is 19.1. The molecule has 1 N–H and O–H groups in total. The van der Waals surface area contributed by atoms with Crippen molar-refractivity contribution in [3.8, 4) is 5.88 Å². The van der Waals surface area contributed by atoms with E-state index in [9.17, 15) is 4.79 Å². The first kappa shape index (κ1) is 14.6. The van der Waals surface area contributed by atoms with Gasteiger partial charge in [0.15, 0.2) is 0 Å². The van der Waals surface area contributed by atoms with Gasteiger partial charge in [0.25, 0.3) is 0 Å². The summed E-state index contributed by atoms with van der Waals surface area (Å²) in [5, 5.41) is 8.90. The van der Waals surface area contributed by atoms with Crippen molar-refractivity contribution in [2.24, 2.45) is 5.92 Å². The summed E-state index contributed by atoms with van der Waals surface area (Å²) in [6.45, 7) is 5.52. The van der Waals surface area contributed by atoms with E-state index in [-0.39, 0.29) is 18.4 Å². The lowest BCUT2D eigenvalue weighted by molar-refractivity contribution is -0.138. The summed E-state index contributed by atoms with van der Waals surface area (Å²) < 4.78 is 5.57. The molecule has 1 aliphatic rings. The van der Waals surface area contributed by atoms with Gasteiger partial charge in [0.1, 0.15) is 12.1 Å². The summed E-state index contributed by atoms with van der Waals surface area (Å²) in [6, 6.07) is 1.82. The fourth-order valence-corrected chi connectivity index (χ4v) is 2.50. The molecule has 0 amide bonds. The molecule has 6 nitrogen and oxygen atoms in total. The lowest BCUT2D eigenvalue weighted by atomic mass is 9.95. The molecule has 0 aliphatic carbocycles. The average Bonchev–Trinajstić information content (AvgIpc) is 2.38. The monoisotopic (exact) mass is 279 g/mol. The van der Waals surface area contributed by atoms with Crippen LogP contribution in [0.2, 0.25) is 0 Å². The summed E-state index contributed by atoms with van der Waals surface area (Å²) in [4.78, 5) is 21.3. The highest BCUT2D eigenvalue weighted by Gasteiger charge is 2.23. The van der Waals surface area contributed by atoms with Crippen LogP contribution >= 0.6 is 0 Å². The van der Waals surface area contributed by atoms with Gasteiger partial charge in [-0.2, -0.15) is 0 Å². The second kappa shape index (κ2) is 6.54. The molecule has 0 spiro atoms. The van der Waals surface area contributed by atoms with Crippen molar-refractivity contribution in [1.29, 1.82) is 0 Å². The van der Waals surface area contributed by atoms with Crippen LogP contribution in [0.4, 0.5) is 5.82 Å². The molecule has 1 unspecified atom stereocenters. The number of carboxylic acids is 1. The smallest absolute Gasteiger partial charge is 0.303 e. The Morgan fingerprint density at radius 3 is 3.05 bits per heavy atom. The van der Waals surface area contributed by atoms with E-state index in [1.54, 1.807) is 0 Å². The van der Waals surface area contributed by atoms with Crippen LogP contribution in [0.1, 0.15) is 33.1 Å². The number of aromatic nitrogens is 2. The maximum Gasteiger partial charge on any atom is 0.303 e. The molecular weight excluding hydrogens is 258 g/mol. The van der Waals surface area contributed by atoms with Crippen molar-refractivity contribution < 1.29 is 14.6 Å². The van der Waals surface area contributed by atoms with E-state index in [1.165, 1.54) is 6.33 Å². The van der Waals surface area contributed by atoms with Gasteiger partial charge in [0.2, 0.25) is 5.88 Å². The van der Waals surface area contributed by atoms with Crippen LogP contribution in [-0.2, 0) is 4.79 Å². The standard InChI is InChI=1S/C14H21N3O3/c1-10(2)20-13-7-12(15-9-16-13)17-5-3-4-11(8-17)6-14(18)19/h7,9-11H,3-6,8H2,1-2H3,(H,18,19). The molecule has 2 rings (SSSR count). The van der Waals surface area contributed by atoms with Gasteiger partial charge in [-0.05, 0) is 32.6 Å². The highest BCUT2D eigenvalue weighted by molar-refractivity contribution is 5.67. The minimum Gasteiger partial charge on any atom is -0.481 e. The fraction of sp³-hybridized carbons (Fsp3) is 0.643. The Hall–Kier alpha value is -1.85. The molecule has 0 saturated carbocycles. The predicted octanol–water partition coefficient (Wildman–Crippen LogP) is 1.95. The molecule has 1 aliphatic heterocycles. The minimum absolute atomic E-state index is 0.0684. The zero-order valence-electron chi connectivity index (χ0n) is 12.0. The average molecular weight is 279 g/mol. The molecule has 6 heteroatoms. The maximum atomic E-state index is 10.8. The van der Waals surface area contributed by atoms with Crippen molar-refractivity contribution in [2.45, 2.75) is 39.2 Å². The lowest BCUT2D eigenvalue weighted by Gasteiger charge is -2.32. The van der Waals surface area contributed by atoms with Crippen molar-refractivity contribution in [3.63, 3.8) is 0 Å². The number of nitrogens with zero attached hydrogens (tertiary/aromatic N) is 3. The highest BCUT2D eigenvalue weighted by atomic mass is 16.5. The number of hydrogen-bond acceptors (Lipinski definition) is 5. The number of piperidine rings is 1. The molecule has 0 aromatic carbocycles. The van der Waals surface area contributed by atoms with Crippen LogP contribution < -0.4 is 9.64 Å². The Bertz CT molecular complexity index is 465. The lowest BCUT2D eigenvalue weighted by Crippen LogP contribution is -2.36. The number of aliphatic carboxylic acids is 1. The van der Waals surface area contributed by atoms with Crippen molar-refractivity contribution in [3.05, 3.63) is 12.4 Å². The van der Waals surface area contributed by atoms with Crippen molar-refractivity contribution >= 4 is 11.8 Å². The third kappa shape index (κ3) is 4.08. The van der Waals surface area contributed by atoms with Crippen molar-refractivity contribution in [1.82, 2.24) is 9.97 Å². The Kier molecular flexibility index (Phi) is 4.76.